The lowest BCUT2D eigenvalue weighted by Gasteiger charge is -2.31. The lowest BCUT2D eigenvalue weighted by Crippen LogP contribution is -2.50. The third kappa shape index (κ3) is 6.31. The first-order valence-electron chi connectivity index (χ1n) is 10.1. The quantitative estimate of drug-likeness (QED) is 0.497. The molecule has 7 heteroatoms. The number of carbonyl (C=O) groups is 2. The molecule has 0 aliphatic carbocycles. The van der Waals surface area contributed by atoms with Gasteiger partial charge in [-0.15, -0.1) is 0 Å². The molecular formula is C25H23Cl2FN2O2. The van der Waals surface area contributed by atoms with E-state index in [2.05, 4.69) is 5.32 Å². The zero-order valence-corrected chi connectivity index (χ0v) is 19.0. The van der Waals surface area contributed by atoms with Crippen LogP contribution in [-0.4, -0.2) is 29.8 Å². The van der Waals surface area contributed by atoms with Crippen molar-refractivity contribution in [2.75, 3.05) is 7.05 Å². The number of hydrogen-bond acceptors (Lipinski definition) is 2. The number of nitrogens with zero attached hydrogens (tertiary/aromatic N) is 1. The van der Waals surface area contributed by atoms with Gasteiger partial charge >= 0.3 is 0 Å². The lowest BCUT2D eigenvalue weighted by molar-refractivity contribution is -0.140. The fraction of sp³-hybridized carbons (Fsp3) is 0.200. The number of nitrogens with one attached hydrogen (secondary N) is 1. The van der Waals surface area contributed by atoms with Crippen molar-refractivity contribution in [1.82, 2.24) is 10.2 Å². The first kappa shape index (κ1) is 23.8. The SMILES string of the molecule is CNC(=O)C(Cc1ccccc1)N(Cc1ccc(F)cc1)C(=O)Cc1ccc(Cl)cc1Cl. The topological polar surface area (TPSA) is 49.4 Å². The molecule has 1 unspecified atom stereocenters. The summed E-state index contributed by atoms with van der Waals surface area (Å²) in [5.74, 6) is -0.929. The van der Waals surface area contributed by atoms with E-state index in [-0.39, 0.29) is 30.6 Å². The van der Waals surface area contributed by atoms with Crippen LogP contribution in [0.15, 0.2) is 72.8 Å². The molecular weight excluding hydrogens is 450 g/mol. The Bertz CT molecular complexity index is 1080. The minimum atomic E-state index is -0.758. The van der Waals surface area contributed by atoms with Crippen LogP contribution in [0, 0.1) is 5.82 Å². The van der Waals surface area contributed by atoms with Crippen molar-refractivity contribution >= 4 is 35.0 Å². The van der Waals surface area contributed by atoms with E-state index in [0.717, 1.165) is 5.56 Å². The molecule has 0 saturated carbocycles. The van der Waals surface area contributed by atoms with Crippen LogP contribution in [0.5, 0.6) is 0 Å². The van der Waals surface area contributed by atoms with Gasteiger partial charge in [-0.2, -0.15) is 0 Å². The minimum absolute atomic E-state index is 0.000515. The predicted molar refractivity (Wildman–Crippen MR) is 125 cm³/mol. The first-order chi connectivity index (χ1) is 15.4. The van der Waals surface area contributed by atoms with Crippen LogP contribution in [-0.2, 0) is 29.0 Å². The molecule has 3 aromatic carbocycles. The van der Waals surface area contributed by atoms with Crippen molar-refractivity contribution in [1.29, 1.82) is 0 Å². The Labute approximate surface area is 197 Å². The van der Waals surface area contributed by atoms with E-state index in [0.29, 0.717) is 27.6 Å². The summed E-state index contributed by atoms with van der Waals surface area (Å²) in [4.78, 5) is 27.8. The van der Waals surface area contributed by atoms with Gasteiger partial charge in [-0.1, -0.05) is 71.7 Å². The maximum absolute atomic E-state index is 13.5. The third-order valence-electron chi connectivity index (χ3n) is 5.14. The molecule has 1 N–H and O–H groups in total. The van der Waals surface area contributed by atoms with Gasteiger partial charge in [-0.05, 0) is 41.0 Å². The van der Waals surface area contributed by atoms with Gasteiger partial charge in [0, 0.05) is 30.1 Å². The molecule has 0 aliphatic rings. The van der Waals surface area contributed by atoms with Crippen molar-refractivity contribution in [2.24, 2.45) is 0 Å². The number of halogens is 3. The Morgan fingerprint density at radius 1 is 0.969 bits per heavy atom. The van der Waals surface area contributed by atoms with Crippen molar-refractivity contribution in [2.45, 2.75) is 25.4 Å². The molecule has 0 radical (unpaired) electrons. The van der Waals surface area contributed by atoms with E-state index in [1.54, 1.807) is 30.3 Å². The Kier molecular flexibility index (Phi) is 8.26. The maximum atomic E-state index is 13.5. The summed E-state index contributed by atoms with van der Waals surface area (Å²) in [6.07, 6.45) is 0.335. The molecule has 4 nitrogen and oxygen atoms in total. The highest BCUT2D eigenvalue weighted by molar-refractivity contribution is 6.35. The molecule has 166 valence electrons. The second-order valence-electron chi connectivity index (χ2n) is 7.38. The number of amides is 2. The number of hydrogen-bond donors (Lipinski definition) is 1. The van der Waals surface area contributed by atoms with Crippen molar-refractivity contribution < 1.29 is 14.0 Å². The summed E-state index contributed by atoms with van der Waals surface area (Å²) < 4.78 is 13.4. The van der Waals surface area contributed by atoms with E-state index >= 15 is 0 Å². The van der Waals surface area contributed by atoms with Crippen LogP contribution in [0.4, 0.5) is 4.39 Å². The monoisotopic (exact) mass is 472 g/mol. The molecule has 3 rings (SSSR count). The molecule has 0 spiro atoms. The summed E-state index contributed by atoms with van der Waals surface area (Å²) in [5.41, 5.74) is 2.24. The highest BCUT2D eigenvalue weighted by atomic mass is 35.5. The Morgan fingerprint density at radius 3 is 2.28 bits per heavy atom. The van der Waals surface area contributed by atoms with Crippen LogP contribution in [0.1, 0.15) is 16.7 Å². The van der Waals surface area contributed by atoms with Crippen LogP contribution in [0.2, 0.25) is 10.0 Å². The van der Waals surface area contributed by atoms with Crippen LogP contribution in [0.3, 0.4) is 0 Å². The molecule has 0 saturated heterocycles. The molecule has 2 amide bonds. The van der Waals surface area contributed by atoms with Crippen molar-refractivity contribution in [3.8, 4) is 0 Å². The number of rotatable bonds is 8. The Balaban J connectivity index is 1.95. The van der Waals surface area contributed by atoms with Crippen LogP contribution < -0.4 is 5.32 Å². The molecule has 32 heavy (non-hydrogen) atoms. The second kappa shape index (κ2) is 11.1. The van der Waals surface area contributed by atoms with Gasteiger partial charge in [0.05, 0.1) is 6.42 Å². The Hall–Kier alpha value is -2.89. The highest BCUT2D eigenvalue weighted by Gasteiger charge is 2.30. The molecule has 0 aromatic heterocycles. The second-order valence-corrected chi connectivity index (χ2v) is 8.22. The van der Waals surface area contributed by atoms with Crippen molar-refractivity contribution in [3.05, 3.63) is 105 Å². The van der Waals surface area contributed by atoms with Gasteiger partial charge in [0.15, 0.2) is 0 Å². The van der Waals surface area contributed by atoms with E-state index in [1.807, 2.05) is 30.3 Å². The van der Waals surface area contributed by atoms with E-state index < -0.39 is 6.04 Å². The first-order valence-corrected chi connectivity index (χ1v) is 10.9. The average Bonchev–Trinajstić information content (AvgIpc) is 2.79. The van der Waals surface area contributed by atoms with Gasteiger partial charge in [-0.25, -0.2) is 4.39 Å². The summed E-state index contributed by atoms with van der Waals surface area (Å²) in [7, 11) is 1.54. The molecule has 1 atom stereocenters. The normalized spacial score (nSPS) is 11.6. The molecule has 0 bridgehead atoms. The smallest absolute Gasteiger partial charge is 0.242 e. The molecule has 0 heterocycles. The highest BCUT2D eigenvalue weighted by Crippen LogP contribution is 2.23. The van der Waals surface area contributed by atoms with Gasteiger partial charge in [-0.3, -0.25) is 9.59 Å². The van der Waals surface area contributed by atoms with Crippen LogP contribution >= 0.6 is 23.2 Å². The summed E-state index contributed by atoms with van der Waals surface area (Å²) >= 11 is 12.3. The fourth-order valence-electron chi connectivity index (χ4n) is 3.44. The summed E-state index contributed by atoms with van der Waals surface area (Å²) in [6, 6.07) is 19.5. The molecule has 0 aliphatic heterocycles. The van der Waals surface area contributed by atoms with Gasteiger partial charge < -0.3 is 10.2 Å². The zero-order chi connectivity index (χ0) is 23.1. The Morgan fingerprint density at radius 2 is 1.66 bits per heavy atom. The fourth-order valence-corrected chi connectivity index (χ4v) is 3.91. The zero-order valence-electron chi connectivity index (χ0n) is 17.5. The third-order valence-corrected chi connectivity index (χ3v) is 5.73. The van der Waals surface area contributed by atoms with Crippen molar-refractivity contribution in [3.63, 3.8) is 0 Å². The predicted octanol–water partition coefficient (Wildman–Crippen LogP) is 5.06. The summed E-state index contributed by atoms with van der Waals surface area (Å²) in [5, 5.41) is 3.52. The average molecular weight is 473 g/mol. The van der Waals surface area contributed by atoms with Gasteiger partial charge in [0.1, 0.15) is 11.9 Å². The standard InChI is InChI=1S/C25H23Cl2FN2O2/c1-29-25(32)23(13-17-5-3-2-4-6-17)30(16-18-7-11-21(28)12-8-18)24(31)14-19-9-10-20(26)15-22(19)27/h2-12,15,23H,13-14,16H2,1H3,(H,29,32). The van der Waals surface area contributed by atoms with E-state index in [4.69, 9.17) is 23.2 Å². The van der Waals surface area contributed by atoms with Gasteiger partial charge in [0.25, 0.3) is 0 Å². The van der Waals surface area contributed by atoms with Gasteiger partial charge in [0.2, 0.25) is 11.8 Å². The van der Waals surface area contributed by atoms with E-state index in [1.165, 1.54) is 24.1 Å². The lowest BCUT2D eigenvalue weighted by atomic mass is 10.0. The molecule has 3 aromatic rings. The maximum Gasteiger partial charge on any atom is 0.242 e. The largest absolute Gasteiger partial charge is 0.357 e. The summed E-state index contributed by atoms with van der Waals surface area (Å²) in [6.45, 7) is 0.148. The number of likely N-dealkylation sites (N-methyl/N-ethyl adjacent to an activating group) is 1. The molecule has 0 fully saturated rings. The minimum Gasteiger partial charge on any atom is -0.357 e. The number of carbonyl (C=O) groups excluding carboxylic acids is 2. The van der Waals surface area contributed by atoms with Crippen LogP contribution in [0.25, 0.3) is 0 Å². The van der Waals surface area contributed by atoms with E-state index in [9.17, 15) is 14.0 Å². The number of benzene rings is 3.